The average Bonchev–Trinajstić information content (AvgIpc) is 3.34. The highest BCUT2D eigenvalue weighted by Gasteiger charge is 2.19. The van der Waals surface area contributed by atoms with Gasteiger partial charge in [0, 0.05) is 20.1 Å². The summed E-state index contributed by atoms with van der Waals surface area (Å²) in [6.07, 6.45) is 0. The Kier molecular flexibility index (Phi) is 5.85. The maximum Gasteiger partial charge on any atom is 0.387 e. The van der Waals surface area contributed by atoms with Gasteiger partial charge >= 0.3 is 6.61 Å². The Morgan fingerprint density at radius 1 is 1.14 bits per heavy atom. The number of hydrogen-bond donors (Lipinski definition) is 0. The fourth-order valence-electron chi connectivity index (χ4n) is 2.87. The minimum Gasteiger partial charge on any atom is -0.435 e. The molecule has 154 valence electrons. The molecule has 0 unspecified atom stereocenters. The molecule has 0 atom stereocenters. The average molecular weight is 424 g/mol. The van der Waals surface area contributed by atoms with E-state index in [4.69, 9.17) is 4.74 Å². The van der Waals surface area contributed by atoms with E-state index in [9.17, 15) is 8.78 Å². The molecule has 0 amide bonds. The van der Waals surface area contributed by atoms with Crippen LogP contribution in [0.5, 0.6) is 5.75 Å². The van der Waals surface area contributed by atoms with E-state index in [2.05, 4.69) is 35.4 Å². The highest BCUT2D eigenvalue weighted by atomic mass is 32.2. The SMILES string of the molecule is Cn1c(SCc2nnnn2-c2ccc(OC(F)F)cc2)nnc1N1CCOCC1. The molecule has 29 heavy (non-hydrogen) atoms. The molecule has 0 spiro atoms. The van der Waals surface area contributed by atoms with Crippen LogP contribution in [0.1, 0.15) is 5.82 Å². The van der Waals surface area contributed by atoms with Crippen molar-refractivity contribution in [2.24, 2.45) is 7.05 Å². The van der Waals surface area contributed by atoms with Crippen LogP contribution >= 0.6 is 11.8 Å². The maximum absolute atomic E-state index is 12.3. The van der Waals surface area contributed by atoms with Crippen LogP contribution in [0, 0.1) is 0 Å². The van der Waals surface area contributed by atoms with E-state index in [-0.39, 0.29) is 5.75 Å². The molecule has 2 aromatic heterocycles. The van der Waals surface area contributed by atoms with E-state index in [0.717, 1.165) is 24.2 Å². The first kappa shape index (κ1) is 19.5. The van der Waals surface area contributed by atoms with Crippen molar-refractivity contribution in [3.8, 4) is 11.4 Å². The molecule has 3 heterocycles. The highest BCUT2D eigenvalue weighted by molar-refractivity contribution is 7.98. The van der Waals surface area contributed by atoms with E-state index in [1.807, 2.05) is 11.6 Å². The first-order valence-corrected chi connectivity index (χ1v) is 9.78. The summed E-state index contributed by atoms with van der Waals surface area (Å²) < 4.78 is 37.8. The lowest BCUT2D eigenvalue weighted by Crippen LogP contribution is -2.37. The molecule has 1 aromatic carbocycles. The summed E-state index contributed by atoms with van der Waals surface area (Å²) in [4.78, 5) is 2.13. The molecule has 1 saturated heterocycles. The van der Waals surface area contributed by atoms with Gasteiger partial charge in [-0.2, -0.15) is 13.5 Å². The lowest BCUT2D eigenvalue weighted by molar-refractivity contribution is -0.0498. The zero-order chi connectivity index (χ0) is 20.2. The quantitative estimate of drug-likeness (QED) is 0.523. The second-order valence-electron chi connectivity index (χ2n) is 6.11. The number of nitrogens with zero attached hydrogens (tertiary/aromatic N) is 8. The van der Waals surface area contributed by atoms with E-state index < -0.39 is 6.61 Å². The molecular formula is C16H18F2N8O2S. The first-order valence-electron chi connectivity index (χ1n) is 8.79. The molecule has 0 aliphatic carbocycles. The van der Waals surface area contributed by atoms with Crippen LogP contribution in [0.2, 0.25) is 0 Å². The van der Waals surface area contributed by atoms with Gasteiger partial charge in [-0.05, 0) is 34.7 Å². The Balaban J connectivity index is 1.44. The molecule has 1 aliphatic heterocycles. The van der Waals surface area contributed by atoms with Gasteiger partial charge in [0.1, 0.15) is 5.75 Å². The number of alkyl halides is 2. The summed E-state index contributed by atoms with van der Waals surface area (Å²) in [7, 11) is 1.91. The third kappa shape index (κ3) is 4.45. The number of aromatic nitrogens is 7. The van der Waals surface area contributed by atoms with E-state index in [1.165, 1.54) is 23.9 Å². The second-order valence-corrected chi connectivity index (χ2v) is 7.05. The molecule has 1 fully saturated rings. The summed E-state index contributed by atoms with van der Waals surface area (Å²) >= 11 is 1.45. The molecule has 4 rings (SSSR count). The van der Waals surface area contributed by atoms with Crippen molar-refractivity contribution in [3.63, 3.8) is 0 Å². The summed E-state index contributed by atoms with van der Waals surface area (Å²) in [6, 6.07) is 6.11. The number of halogens is 2. The smallest absolute Gasteiger partial charge is 0.387 e. The number of hydrogen-bond acceptors (Lipinski definition) is 9. The summed E-state index contributed by atoms with van der Waals surface area (Å²) in [5.41, 5.74) is 0.638. The van der Waals surface area contributed by atoms with Crippen LogP contribution in [-0.2, 0) is 17.5 Å². The number of benzene rings is 1. The summed E-state index contributed by atoms with van der Waals surface area (Å²) in [5.74, 6) is 1.91. The van der Waals surface area contributed by atoms with Crippen molar-refractivity contribution in [1.29, 1.82) is 0 Å². The van der Waals surface area contributed by atoms with Crippen molar-refractivity contribution >= 4 is 17.7 Å². The number of thioether (sulfide) groups is 1. The van der Waals surface area contributed by atoms with Crippen molar-refractivity contribution in [3.05, 3.63) is 30.1 Å². The summed E-state index contributed by atoms with van der Waals surface area (Å²) in [6.45, 7) is 0.0335. The van der Waals surface area contributed by atoms with Gasteiger partial charge in [-0.15, -0.1) is 15.3 Å². The third-order valence-corrected chi connectivity index (χ3v) is 5.29. The molecule has 0 bridgehead atoms. The molecular weight excluding hydrogens is 406 g/mol. The lowest BCUT2D eigenvalue weighted by atomic mass is 10.3. The second kappa shape index (κ2) is 8.69. The predicted molar refractivity (Wildman–Crippen MR) is 99.4 cm³/mol. The number of ether oxygens (including phenoxy) is 2. The monoisotopic (exact) mass is 424 g/mol. The zero-order valence-corrected chi connectivity index (χ0v) is 16.3. The van der Waals surface area contributed by atoms with Crippen molar-refractivity contribution in [2.45, 2.75) is 17.5 Å². The molecule has 0 radical (unpaired) electrons. The Bertz CT molecular complexity index is 943. The van der Waals surface area contributed by atoms with E-state index in [0.29, 0.717) is 30.5 Å². The van der Waals surface area contributed by atoms with Crippen LogP contribution in [-0.4, -0.2) is 67.9 Å². The molecule has 0 N–H and O–H groups in total. The number of rotatable bonds is 7. The number of morpholine rings is 1. The van der Waals surface area contributed by atoms with E-state index >= 15 is 0 Å². The Hall–Kier alpha value is -2.80. The molecule has 3 aromatic rings. The standard InChI is InChI=1S/C16H18F2N8O2S/c1-24-15(25-6-8-27-9-7-25)20-21-16(24)29-10-13-19-22-23-26(13)11-2-4-12(5-3-11)28-14(17)18/h2-5,14H,6-10H2,1H3. The largest absolute Gasteiger partial charge is 0.435 e. The molecule has 1 aliphatic rings. The lowest BCUT2D eigenvalue weighted by Gasteiger charge is -2.27. The number of tetrazole rings is 1. The zero-order valence-electron chi connectivity index (χ0n) is 15.5. The highest BCUT2D eigenvalue weighted by Crippen LogP contribution is 2.25. The van der Waals surface area contributed by atoms with Gasteiger partial charge in [-0.1, -0.05) is 11.8 Å². The fraction of sp³-hybridized carbons (Fsp3) is 0.438. The van der Waals surface area contributed by atoms with Crippen LogP contribution in [0.3, 0.4) is 0 Å². The topological polar surface area (TPSA) is 96.0 Å². The third-order valence-electron chi connectivity index (χ3n) is 4.28. The van der Waals surface area contributed by atoms with Crippen LogP contribution < -0.4 is 9.64 Å². The fourth-order valence-corrected chi connectivity index (χ4v) is 3.68. The Labute approximate surface area is 168 Å². The predicted octanol–water partition coefficient (Wildman–Crippen LogP) is 1.52. The normalized spacial score (nSPS) is 14.6. The van der Waals surface area contributed by atoms with Gasteiger partial charge < -0.3 is 14.4 Å². The minimum absolute atomic E-state index is 0.0717. The van der Waals surface area contributed by atoms with Gasteiger partial charge in [-0.25, -0.2) is 0 Å². The van der Waals surface area contributed by atoms with Crippen molar-refractivity contribution in [1.82, 2.24) is 35.0 Å². The maximum atomic E-state index is 12.3. The van der Waals surface area contributed by atoms with Gasteiger partial charge in [0.15, 0.2) is 11.0 Å². The Morgan fingerprint density at radius 2 is 1.90 bits per heavy atom. The molecule has 0 saturated carbocycles. The van der Waals surface area contributed by atoms with Crippen molar-refractivity contribution in [2.75, 3.05) is 31.2 Å². The van der Waals surface area contributed by atoms with Crippen LogP contribution in [0.25, 0.3) is 5.69 Å². The number of anilines is 1. The van der Waals surface area contributed by atoms with Crippen LogP contribution in [0.4, 0.5) is 14.7 Å². The van der Waals surface area contributed by atoms with Crippen LogP contribution in [0.15, 0.2) is 29.4 Å². The summed E-state index contributed by atoms with van der Waals surface area (Å²) in [5, 5.41) is 21.0. The van der Waals surface area contributed by atoms with Gasteiger partial charge in [-0.3, -0.25) is 4.57 Å². The van der Waals surface area contributed by atoms with Crippen molar-refractivity contribution < 1.29 is 18.3 Å². The first-order chi connectivity index (χ1) is 14.1. The minimum atomic E-state index is -2.87. The molecule has 13 heteroatoms. The van der Waals surface area contributed by atoms with E-state index in [1.54, 1.807) is 16.8 Å². The van der Waals surface area contributed by atoms with Gasteiger partial charge in [0.25, 0.3) is 0 Å². The van der Waals surface area contributed by atoms with Gasteiger partial charge in [0.2, 0.25) is 5.95 Å². The van der Waals surface area contributed by atoms with Gasteiger partial charge in [0.05, 0.1) is 24.7 Å². The Morgan fingerprint density at radius 3 is 2.62 bits per heavy atom. The molecule has 10 nitrogen and oxygen atoms in total.